The first-order chi connectivity index (χ1) is 14.9. The molecule has 1 aromatic rings. The van der Waals surface area contributed by atoms with E-state index in [9.17, 15) is 19.4 Å². The number of nitrogens with zero attached hydrogens (tertiary/aromatic N) is 2. The minimum Gasteiger partial charge on any atom is -0.386 e. The molecule has 2 saturated heterocycles. The molecule has 2 aliphatic heterocycles. The molecule has 2 fully saturated rings. The van der Waals surface area contributed by atoms with Crippen LogP contribution < -0.4 is 10.2 Å². The van der Waals surface area contributed by atoms with Gasteiger partial charge in [-0.05, 0) is 50.9 Å². The van der Waals surface area contributed by atoms with Crippen LogP contribution in [0.5, 0.6) is 0 Å². The van der Waals surface area contributed by atoms with E-state index >= 15 is 0 Å². The Hall–Kier alpha value is -1.74. The third-order valence-corrected chi connectivity index (χ3v) is 6.38. The molecule has 2 aliphatic rings. The first kappa shape index (κ1) is 23.9. The number of benzene rings is 1. The average molecular weight is 438 g/mol. The second-order valence-corrected chi connectivity index (χ2v) is 8.82. The van der Waals surface area contributed by atoms with Crippen molar-refractivity contribution in [1.82, 2.24) is 10.2 Å². The van der Waals surface area contributed by atoms with Crippen molar-refractivity contribution in [1.29, 1.82) is 0 Å². The van der Waals surface area contributed by atoms with E-state index in [1.807, 2.05) is 31.0 Å². The second kappa shape index (κ2) is 11.2. The van der Waals surface area contributed by atoms with Gasteiger partial charge in [-0.2, -0.15) is 0 Å². The number of anilines is 1. The Morgan fingerprint density at radius 3 is 2.58 bits per heavy atom. The predicted octanol–water partition coefficient (Wildman–Crippen LogP) is 1.98. The molecule has 1 aromatic carbocycles. The highest BCUT2D eigenvalue weighted by molar-refractivity contribution is 5.76. The minimum absolute atomic E-state index is 0.0343. The number of ether oxygens (including phenoxy) is 1. The fourth-order valence-electron chi connectivity index (χ4n) is 4.48. The van der Waals surface area contributed by atoms with E-state index in [0.29, 0.717) is 18.5 Å². The molecule has 0 aromatic heterocycles. The Morgan fingerprint density at radius 2 is 1.97 bits per heavy atom. The molecule has 5 atom stereocenters. The average Bonchev–Trinajstić information content (AvgIpc) is 3.29. The Kier molecular flexibility index (Phi) is 8.66. The lowest BCUT2D eigenvalue weighted by molar-refractivity contribution is -0.173. The van der Waals surface area contributed by atoms with Crippen molar-refractivity contribution in [2.75, 3.05) is 38.3 Å². The zero-order valence-corrected chi connectivity index (χ0v) is 18.5. The van der Waals surface area contributed by atoms with Crippen molar-refractivity contribution < 1.29 is 24.1 Å². The van der Waals surface area contributed by atoms with E-state index in [2.05, 4.69) is 10.2 Å². The fourth-order valence-corrected chi connectivity index (χ4v) is 4.48. The molecule has 8 heteroatoms. The molecule has 0 saturated carbocycles. The summed E-state index contributed by atoms with van der Waals surface area (Å²) in [5.74, 6) is -0.303. The van der Waals surface area contributed by atoms with Crippen molar-refractivity contribution in [3.63, 3.8) is 0 Å². The molecule has 0 aliphatic carbocycles. The quantitative estimate of drug-likeness (QED) is 0.548. The lowest BCUT2D eigenvalue weighted by atomic mass is 10.0. The van der Waals surface area contributed by atoms with Crippen molar-refractivity contribution in [2.24, 2.45) is 0 Å². The molecule has 7 nitrogen and oxygen atoms in total. The van der Waals surface area contributed by atoms with E-state index in [1.165, 1.54) is 12.8 Å². The smallest absolute Gasteiger partial charge is 0.221 e. The van der Waals surface area contributed by atoms with Gasteiger partial charge in [0.05, 0.1) is 12.1 Å². The van der Waals surface area contributed by atoms with Crippen molar-refractivity contribution in [2.45, 2.75) is 69.6 Å². The Labute approximate surface area is 184 Å². The Morgan fingerprint density at radius 1 is 1.29 bits per heavy atom. The molecule has 3 N–H and O–H groups in total. The third-order valence-electron chi connectivity index (χ3n) is 6.38. The number of hydrogen-bond donors (Lipinski definition) is 3. The summed E-state index contributed by atoms with van der Waals surface area (Å²) in [6.45, 7) is 3.62. The third kappa shape index (κ3) is 6.62. The van der Waals surface area contributed by atoms with Crippen LogP contribution in [0.3, 0.4) is 0 Å². The number of carbonyl (C=O) groups is 1. The molecule has 5 unspecified atom stereocenters. The number of aliphatic hydroxyl groups is 2. The summed E-state index contributed by atoms with van der Waals surface area (Å²) in [6, 6.07) is 6.64. The minimum atomic E-state index is -1.11. The first-order valence-electron chi connectivity index (χ1n) is 11.3. The topological polar surface area (TPSA) is 85.3 Å². The van der Waals surface area contributed by atoms with Crippen LogP contribution in [0.4, 0.5) is 10.1 Å². The number of hydrogen-bond acceptors (Lipinski definition) is 6. The zero-order valence-electron chi connectivity index (χ0n) is 18.5. The van der Waals surface area contributed by atoms with Gasteiger partial charge in [0, 0.05) is 44.2 Å². The molecular formula is C23H36FN3O4. The van der Waals surface area contributed by atoms with E-state index in [-0.39, 0.29) is 24.5 Å². The van der Waals surface area contributed by atoms with Crippen molar-refractivity contribution in [3.05, 3.63) is 29.8 Å². The lowest BCUT2D eigenvalue weighted by Gasteiger charge is -2.36. The molecule has 1 amide bonds. The van der Waals surface area contributed by atoms with Crippen LogP contribution in [0.2, 0.25) is 0 Å². The molecule has 31 heavy (non-hydrogen) atoms. The number of halogens is 1. The monoisotopic (exact) mass is 437 g/mol. The maximum Gasteiger partial charge on any atom is 0.221 e. The predicted molar refractivity (Wildman–Crippen MR) is 118 cm³/mol. The first-order valence-corrected chi connectivity index (χ1v) is 11.3. The number of rotatable bonds is 9. The highest BCUT2D eigenvalue weighted by Crippen LogP contribution is 2.25. The number of nitrogens with one attached hydrogen (secondary N) is 1. The fraction of sp³-hybridized carbons (Fsp3) is 0.696. The molecule has 0 bridgehead atoms. The van der Waals surface area contributed by atoms with Gasteiger partial charge in [-0.25, -0.2) is 4.39 Å². The van der Waals surface area contributed by atoms with Gasteiger partial charge in [-0.15, -0.1) is 0 Å². The summed E-state index contributed by atoms with van der Waals surface area (Å²) < 4.78 is 19.0. The van der Waals surface area contributed by atoms with E-state index in [1.54, 1.807) is 12.1 Å². The van der Waals surface area contributed by atoms with Crippen LogP contribution in [0.15, 0.2) is 24.3 Å². The van der Waals surface area contributed by atoms with Gasteiger partial charge in [-0.1, -0.05) is 12.1 Å². The normalized spacial score (nSPS) is 26.1. The molecule has 3 rings (SSSR count). The Bertz CT molecular complexity index is 689. The summed E-state index contributed by atoms with van der Waals surface area (Å²) in [6.07, 6.45) is 1.92. The van der Waals surface area contributed by atoms with Gasteiger partial charge in [0.2, 0.25) is 5.91 Å². The largest absolute Gasteiger partial charge is 0.386 e. The van der Waals surface area contributed by atoms with Crippen molar-refractivity contribution in [3.8, 4) is 0 Å². The van der Waals surface area contributed by atoms with Crippen LogP contribution in [0, 0.1) is 0 Å². The van der Waals surface area contributed by atoms with Gasteiger partial charge in [0.15, 0.2) is 6.29 Å². The summed E-state index contributed by atoms with van der Waals surface area (Å²) in [4.78, 5) is 16.7. The molecule has 0 radical (unpaired) electrons. The van der Waals surface area contributed by atoms with Gasteiger partial charge >= 0.3 is 0 Å². The van der Waals surface area contributed by atoms with Gasteiger partial charge < -0.3 is 30.1 Å². The van der Waals surface area contributed by atoms with Gasteiger partial charge in [0.1, 0.15) is 12.8 Å². The Balaban J connectivity index is 1.48. The van der Waals surface area contributed by atoms with Crippen LogP contribution in [-0.4, -0.2) is 78.9 Å². The molecule has 0 spiro atoms. The highest BCUT2D eigenvalue weighted by atomic mass is 19.1. The summed E-state index contributed by atoms with van der Waals surface area (Å²) >= 11 is 0. The summed E-state index contributed by atoms with van der Waals surface area (Å²) in [5.41, 5.74) is 1.69. The number of amides is 1. The summed E-state index contributed by atoms with van der Waals surface area (Å²) in [5, 5.41) is 23.0. The van der Waals surface area contributed by atoms with E-state index in [4.69, 9.17) is 4.74 Å². The van der Waals surface area contributed by atoms with Gasteiger partial charge in [0.25, 0.3) is 0 Å². The maximum absolute atomic E-state index is 13.6. The molecule has 174 valence electrons. The van der Waals surface area contributed by atoms with E-state index < -0.39 is 25.1 Å². The number of aliphatic hydroxyl groups excluding tert-OH is 2. The number of alkyl halides is 1. The SMILES string of the molecule is CC1CC(N(C)CCC(=O)NC(CF)C(O)c2ccc(N3CCCC3)cc2)CC(O)O1. The van der Waals surface area contributed by atoms with Crippen LogP contribution in [0.25, 0.3) is 0 Å². The van der Waals surface area contributed by atoms with Crippen LogP contribution in [0.1, 0.15) is 50.7 Å². The van der Waals surface area contributed by atoms with Crippen LogP contribution in [-0.2, 0) is 9.53 Å². The lowest BCUT2D eigenvalue weighted by Crippen LogP contribution is -2.45. The van der Waals surface area contributed by atoms with E-state index in [0.717, 1.165) is 25.2 Å². The van der Waals surface area contributed by atoms with Crippen molar-refractivity contribution >= 4 is 11.6 Å². The summed E-state index contributed by atoms with van der Waals surface area (Å²) in [7, 11) is 1.91. The molecule has 2 heterocycles. The highest BCUT2D eigenvalue weighted by Gasteiger charge is 2.29. The van der Waals surface area contributed by atoms with Crippen LogP contribution >= 0.6 is 0 Å². The zero-order chi connectivity index (χ0) is 22.4. The standard InChI is InChI=1S/C23H36FN3O4/c1-16-13-19(14-22(29)31-16)26(2)12-9-21(28)25-20(15-24)23(30)17-5-7-18(8-6-17)27-10-3-4-11-27/h5-8,16,19-20,22-23,29-30H,3-4,9-15H2,1-2H3,(H,25,28). The number of carbonyl (C=O) groups excluding carboxylic acids is 1. The maximum atomic E-state index is 13.6. The second-order valence-electron chi connectivity index (χ2n) is 8.82. The van der Waals surface area contributed by atoms with Gasteiger partial charge in [-0.3, -0.25) is 4.79 Å². The molecular weight excluding hydrogens is 401 g/mol.